The number of phenolic OH excluding ortho intramolecular Hbond substituents is 1. The molecule has 73 heavy (non-hydrogen) atoms. The summed E-state index contributed by atoms with van der Waals surface area (Å²) >= 11 is 0. The molecule has 5 nitrogen and oxygen atoms in total. The van der Waals surface area contributed by atoms with Gasteiger partial charge >= 0.3 is 0 Å². The molecular formula is C68H64N4O. The third kappa shape index (κ3) is 7.41. The van der Waals surface area contributed by atoms with Crippen molar-refractivity contribution < 1.29 is 5.11 Å². The van der Waals surface area contributed by atoms with Crippen molar-refractivity contribution in [2.75, 3.05) is 0 Å². The maximum atomic E-state index is 12.7. The fraction of sp³-hybridized carbons (Fsp3) is 0.235. The minimum Gasteiger partial charge on any atom is -0.507 e. The van der Waals surface area contributed by atoms with Crippen molar-refractivity contribution in [3.8, 4) is 56.3 Å². The van der Waals surface area contributed by atoms with E-state index < -0.39 is 0 Å². The third-order valence-electron chi connectivity index (χ3n) is 15.4. The molecule has 0 amide bonds. The molecule has 0 spiro atoms. The molecule has 0 fully saturated rings. The molecule has 0 saturated heterocycles. The Morgan fingerprint density at radius 2 is 1.01 bits per heavy atom. The highest BCUT2D eigenvalue weighted by atomic mass is 16.3. The lowest BCUT2D eigenvalue weighted by molar-refractivity contribution is 0.446. The van der Waals surface area contributed by atoms with Gasteiger partial charge in [0.1, 0.15) is 11.6 Å². The molecule has 0 aliphatic heterocycles. The number of hydrogen-bond acceptors (Lipinski definition) is 3. The van der Waals surface area contributed by atoms with Gasteiger partial charge in [0, 0.05) is 60.8 Å². The minimum absolute atomic E-state index is 0.0849. The molecule has 0 bridgehead atoms. The first-order valence-corrected chi connectivity index (χ1v) is 25.9. The summed E-state index contributed by atoms with van der Waals surface area (Å²) in [5, 5.41) is 19.9. The second-order valence-electron chi connectivity index (χ2n) is 24.5. The van der Waals surface area contributed by atoms with Crippen molar-refractivity contribution in [3.05, 3.63) is 186 Å². The molecule has 362 valence electrons. The Bertz CT molecular complexity index is 4180. The molecule has 0 unspecified atom stereocenters. The van der Waals surface area contributed by atoms with Crippen LogP contribution in [-0.2, 0) is 21.7 Å². The molecule has 0 atom stereocenters. The largest absolute Gasteiger partial charge is 0.507 e. The highest BCUT2D eigenvalue weighted by molar-refractivity contribution is 6.27. The maximum Gasteiger partial charge on any atom is 0.149 e. The van der Waals surface area contributed by atoms with E-state index in [0.29, 0.717) is 11.4 Å². The number of benzene rings is 8. The minimum atomic E-state index is -0.337. The summed E-state index contributed by atoms with van der Waals surface area (Å²) in [5.41, 5.74) is 17.1. The number of phenols is 1. The third-order valence-corrected chi connectivity index (χ3v) is 15.4. The topological polar surface area (TPSA) is 55.4 Å². The molecule has 5 heteroatoms. The normalized spacial score (nSPS) is 13.0. The molecule has 1 N–H and O–H groups in total. The van der Waals surface area contributed by atoms with Crippen LogP contribution in [0.3, 0.4) is 0 Å². The first-order chi connectivity index (χ1) is 34.7. The van der Waals surface area contributed by atoms with Crippen LogP contribution in [0.2, 0.25) is 0 Å². The number of aromatic nitrogens is 4. The van der Waals surface area contributed by atoms with Gasteiger partial charge in [-0.05, 0) is 98.0 Å². The molecule has 12 rings (SSSR count). The summed E-state index contributed by atoms with van der Waals surface area (Å²) in [6, 6.07) is 57.7. The van der Waals surface area contributed by atoms with Gasteiger partial charge in [-0.15, -0.1) is 0 Å². The van der Waals surface area contributed by atoms with Gasteiger partial charge < -0.3 is 9.51 Å². The number of rotatable bonds is 5. The quantitative estimate of drug-likeness (QED) is 0.138. The van der Waals surface area contributed by atoms with E-state index >= 15 is 0 Å². The van der Waals surface area contributed by atoms with Gasteiger partial charge in [-0.25, -0.2) is 4.98 Å². The van der Waals surface area contributed by atoms with Crippen molar-refractivity contribution in [2.24, 2.45) is 0 Å². The van der Waals surface area contributed by atoms with Gasteiger partial charge in [-0.3, -0.25) is 9.55 Å². The van der Waals surface area contributed by atoms with Gasteiger partial charge in [0.15, 0.2) is 0 Å². The zero-order valence-electron chi connectivity index (χ0n) is 44.3. The van der Waals surface area contributed by atoms with E-state index in [1.165, 1.54) is 49.2 Å². The Balaban J connectivity index is 1.16. The standard InChI is InChI=1S/C68H64N4O/c1-65(2,3)43-31-32-56(51(36-43)40-21-14-13-15-22-40)72-58-30-19-24-46(61(58)70-64(72)52-37-45(67(7,8)9)38-54(63(52)73)68(10,11)12)41-33-42(35-44(34-41)66(4,5)6)60-50-27-20-29-57-59(50)53(39-69-60)49-26-18-25-48-47-23-16-17-28-55(47)71(57)62(48)49/h13-39,73H,1-12H3. The molecule has 0 saturated carbocycles. The van der Waals surface area contributed by atoms with E-state index in [1.807, 2.05) is 0 Å². The Kier molecular flexibility index (Phi) is 10.2. The fourth-order valence-electron chi connectivity index (χ4n) is 11.4. The van der Waals surface area contributed by atoms with E-state index in [9.17, 15) is 5.11 Å². The SMILES string of the molecule is CC(C)(C)c1cc(-c2ncc3c4cccc5c6ccccc6n(c6cccc2c36)c45)cc(-c2cccc3c2nc(-c2cc(C(C)(C)C)cc(C(C)(C)C)c2O)n3-c2ccc(C(C)(C)C)cc2-c2ccccc2)c1. The zero-order valence-corrected chi connectivity index (χ0v) is 44.3. The molecule has 4 heterocycles. The predicted octanol–water partition coefficient (Wildman–Crippen LogP) is 18.3. The van der Waals surface area contributed by atoms with Crippen molar-refractivity contribution >= 4 is 59.9 Å². The Morgan fingerprint density at radius 3 is 1.74 bits per heavy atom. The van der Waals surface area contributed by atoms with Crippen LogP contribution in [0.5, 0.6) is 5.75 Å². The number of aromatic hydroxyl groups is 1. The monoisotopic (exact) mass is 953 g/mol. The average molecular weight is 953 g/mol. The Hall–Kier alpha value is -7.76. The number of hydrogen-bond donors (Lipinski definition) is 1. The molecular weight excluding hydrogens is 889 g/mol. The number of fused-ring (bicyclic) bond motifs is 6. The summed E-state index contributed by atoms with van der Waals surface area (Å²) in [7, 11) is 0. The molecule has 0 radical (unpaired) electrons. The Morgan fingerprint density at radius 1 is 0.425 bits per heavy atom. The maximum absolute atomic E-state index is 12.7. The lowest BCUT2D eigenvalue weighted by atomic mass is 9.79. The van der Waals surface area contributed by atoms with E-state index in [0.717, 1.165) is 72.1 Å². The lowest BCUT2D eigenvalue weighted by Gasteiger charge is -2.28. The van der Waals surface area contributed by atoms with Crippen LogP contribution in [-0.4, -0.2) is 24.0 Å². The van der Waals surface area contributed by atoms with E-state index in [2.05, 4.69) is 256 Å². The van der Waals surface area contributed by atoms with Crippen molar-refractivity contribution in [2.45, 2.75) is 105 Å². The van der Waals surface area contributed by atoms with Gasteiger partial charge in [-0.2, -0.15) is 0 Å². The second-order valence-corrected chi connectivity index (χ2v) is 24.5. The van der Waals surface area contributed by atoms with Crippen LogP contribution >= 0.6 is 0 Å². The van der Waals surface area contributed by atoms with E-state index in [-0.39, 0.29) is 27.4 Å². The number of pyridine rings is 2. The van der Waals surface area contributed by atoms with Gasteiger partial charge in [-0.1, -0.05) is 192 Å². The van der Waals surface area contributed by atoms with Crippen molar-refractivity contribution in [1.82, 2.24) is 18.9 Å². The smallest absolute Gasteiger partial charge is 0.149 e. The van der Waals surface area contributed by atoms with E-state index in [4.69, 9.17) is 9.97 Å². The van der Waals surface area contributed by atoms with Crippen LogP contribution in [0.4, 0.5) is 0 Å². The predicted molar refractivity (Wildman–Crippen MR) is 309 cm³/mol. The highest BCUT2D eigenvalue weighted by Gasteiger charge is 2.30. The molecule has 4 aromatic heterocycles. The first-order valence-electron chi connectivity index (χ1n) is 25.9. The number of imidazole rings is 1. The number of nitrogens with zero attached hydrogens (tertiary/aromatic N) is 4. The van der Waals surface area contributed by atoms with Gasteiger partial charge in [0.2, 0.25) is 0 Å². The summed E-state index contributed by atoms with van der Waals surface area (Å²) in [4.78, 5) is 11.2. The van der Waals surface area contributed by atoms with Crippen molar-refractivity contribution in [1.29, 1.82) is 0 Å². The summed E-state index contributed by atoms with van der Waals surface area (Å²) < 4.78 is 4.77. The van der Waals surface area contributed by atoms with Gasteiger partial charge in [0.05, 0.1) is 44.5 Å². The van der Waals surface area contributed by atoms with Crippen molar-refractivity contribution in [3.63, 3.8) is 0 Å². The molecule has 0 aliphatic carbocycles. The highest BCUT2D eigenvalue weighted by Crippen LogP contribution is 2.48. The number of para-hydroxylation sites is 3. The summed E-state index contributed by atoms with van der Waals surface area (Å²) in [5.74, 6) is 0.954. The van der Waals surface area contributed by atoms with Gasteiger partial charge in [0.25, 0.3) is 0 Å². The first kappa shape index (κ1) is 46.3. The van der Waals surface area contributed by atoms with Crippen LogP contribution in [0.1, 0.15) is 105 Å². The fourth-order valence-corrected chi connectivity index (χ4v) is 11.4. The van der Waals surface area contributed by atoms with Crippen LogP contribution < -0.4 is 0 Å². The second kappa shape index (κ2) is 16.1. The molecule has 0 aliphatic rings. The van der Waals surface area contributed by atoms with Crippen LogP contribution in [0.25, 0.3) is 110 Å². The summed E-state index contributed by atoms with van der Waals surface area (Å²) in [6.45, 7) is 26.9. The Labute approximate surface area is 429 Å². The lowest BCUT2D eigenvalue weighted by Crippen LogP contribution is -2.17. The average Bonchev–Trinajstić information content (AvgIpc) is 3.91. The van der Waals surface area contributed by atoms with E-state index in [1.54, 1.807) is 0 Å². The van der Waals surface area contributed by atoms with Crippen LogP contribution in [0, 0.1) is 0 Å². The van der Waals surface area contributed by atoms with Crippen LogP contribution in [0.15, 0.2) is 164 Å². The molecule has 12 aromatic rings. The zero-order chi connectivity index (χ0) is 51.1. The molecule has 8 aromatic carbocycles. The summed E-state index contributed by atoms with van der Waals surface area (Å²) in [6.07, 6.45) is 2.11.